The Hall–Kier alpha value is -1.75. The van der Waals surface area contributed by atoms with Gasteiger partial charge in [-0.1, -0.05) is 18.5 Å². The number of hydrogen-bond donors (Lipinski definition) is 3. The molecule has 3 aliphatic carbocycles. The van der Waals surface area contributed by atoms with Gasteiger partial charge in [-0.2, -0.15) is 0 Å². The number of fused-ring (bicyclic) bond motifs is 3. The van der Waals surface area contributed by atoms with E-state index < -0.39 is 11.6 Å². The highest BCUT2D eigenvalue weighted by atomic mass is 35.5. The number of carbonyl (C=O) groups is 2. The predicted molar refractivity (Wildman–Crippen MR) is 86.5 cm³/mol. The van der Waals surface area contributed by atoms with Crippen LogP contribution in [0.15, 0.2) is 18.2 Å². The molecule has 4 unspecified atom stereocenters. The molecule has 4 aliphatic rings. The first-order valence-electron chi connectivity index (χ1n) is 7.96. The van der Waals surface area contributed by atoms with Crippen molar-refractivity contribution < 1.29 is 14.7 Å². The zero-order chi connectivity index (χ0) is 16.4. The first kappa shape index (κ1) is 14.8. The van der Waals surface area contributed by atoms with Crippen LogP contribution in [-0.2, 0) is 4.79 Å². The first-order chi connectivity index (χ1) is 10.8. The van der Waals surface area contributed by atoms with Crippen LogP contribution in [0.4, 0.5) is 5.69 Å². The lowest BCUT2D eigenvalue weighted by Gasteiger charge is -2.60. The van der Waals surface area contributed by atoms with E-state index in [-0.39, 0.29) is 23.2 Å². The minimum absolute atomic E-state index is 0.123. The van der Waals surface area contributed by atoms with Gasteiger partial charge in [-0.15, -0.1) is 0 Å². The van der Waals surface area contributed by atoms with Crippen LogP contribution in [0.2, 0.25) is 5.02 Å². The summed E-state index contributed by atoms with van der Waals surface area (Å²) < 4.78 is 0. The van der Waals surface area contributed by atoms with E-state index in [1.54, 1.807) is 12.1 Å². The Kier molecular flexibility index (Phi) is 2.98. The number of carboxylic acid groups (broad SMARTS) is 1. The van der Waals surface area contributed by atoms with E-state index in [1.165, 1.54) is 0 Å². The number of aliphatic carboxylic acids is 1. The third-order valence-electron chi connectivity index (χ3n) is 6.02. The van der Waals surface area contributed by atoms with E-state index in [9.17, 15) is 14.7 Å². The zero-order valence-electron chi connectivity index (χ0n) is 12.9. The van der Waals surface area contributed by atoms with Crippen molar-refractivity contribution in [3.63, 3.8) is 0 Å². The summed E-state index contributed by atoms with van der Waals surface area (Å²) in [5.74, 6) is -1.07. The maximum atomic E-state index is 12.6. The Balaban J connectivity index is 1.73. The molecule has 3 N–H and O–H groups in total. The molecule has 0 saturated heterocycles. The third-order valence-corrected chi connectivity index (χ3v) is 6.26. The molecule has 0 aromatic heterocycles. The zero-order valence-corrected chi connectivity index (χ0v) is 13.6. The smallest absolute Gasteiger partial charge is 0.307 e. The number of anilines is 1. The SMILES string of the molecule is CC12CCC(CC1C(=O)O)C1(C2)NC(=O)c2cc(Cl)ccc2N1. The van der Waals surface area contributed by atoms with Gasteiger partial charge in [0.15, 0.2) is 0 Å². The fourth-order valence-corrected chi connectivity index (χ4v) is 5.02. The molecule has 1 heterocycles. The topological polar surface area (TPSA) is 78.4 Å². The Labute approximate surface area is 139 Å². The van der Waals surface area contributed by atoms with Crippen molar-refractivity contribution >= 4 is 29.2 Å². The molecule has 1 aliphatic heterocycles. The molecule has 3 saturated carbocycles. The predicted octanol–water partition coefficient (Wildman–Crippen LogP) is 3.10. The van der Waals surface area contributed by atoms with E-state index in [2.05, 4.69) is 10.6 Å². The standard InChI is InChI=1S/C17H19ClN2O3/c1-16-5-4-9(6-12(16)15(22)23)17(8-16)19-13-3-2-10(18)7-11(13)14(21)20-17/h2-3,7,9,12,19H,4-6,8H2,1H3,(H,20,21)(H,22,23). The van der Waals surface area contributed by atoms with E-state index in [0.29, 0.717) is 23.4 Å². The van der Waals surface area contributed by atoms with Crippen molar-refractivity contribution in [2.45, 2.75) is 38.3 Å². The van der Waals surface area contributed by atoms with Gasteiger partial charge in [0.2, 0.25) is 0 Å². The number of carbonyl (C=O) groups excluding carboxylic acids is 1. The van der Waals surface area contributed by atoms with Crippen LogP contribution in [0.25, 0.3) is 0 Å². The molecule has 6 heteroatoms. The summed E-state index contributed by atoms with van der Waals surface area (Å²) >= 11 is 5.99. The second kappa shape index (κ2) is 4.63. The molecule has 1 spiro atoms. The minimum Gasteiger partial charge on any atom is -0.481 e. The Morgan fingerprint density at radius 3 is 2.87 bits per heavy atom. The number of carboxylic acids is 1. The second-order valence-electron chi connectivity index (χ2n) is 7.43. The van der Waals surface area contributed by atoms with Gasteiger partial charge in [0.25, 0.3) is 5.91 Å². The summed E-state index contributed by atoms with van der Waals surface area (Å²) in [6.07, 6.45) is 3.05. The van der Waals surface area contributed by atoms with Gasteiger partial charge in [0.05, 0.1) is 11.5 Å². The van der Waals surface area contributed by atoms with Crippen molar-refractivity contribution in [2.24, 2.45) is 17.3 Å². The van der Waals surface area contributed by atoms with E-state index >= 15 is 0 Å². The summed E-state index contributed by atoms with van der Waals surface area (Å²) in [7, 11) is 0. The van der Waals surface area contributed by atoms with Gasteiger partial charge in [0.1, 0.15) is 5.66 Å². The highest BCUT2D eigenvalue weighted by Gasteiger charge is 2.60. The maximum absolute atomic E-state index is 12.6. The van der Waals surface area contributed by atoms with E-state index in [1.807, 2.05) is 13.0 Å². The molecule has 5 rings (SSSR count). The second-order valence-corrected chi connectivity index (χ2v) is 7.87. The Morgan fingerprint density at radius 1 is 1.39 bits per heavy atom. The van der Waals surface area contributed by atoms with Crippen molar-refractivity contribution in [3.05, 3.63) is 28.8 Å². The van der Waals surface area contributed by atoms with Crippen LogP contribution >= 0.6 is 11.6 Å². The molecule has 5 nitrogen and oxygen atoms in total. The van der Waals surface area contributed by atoms with Crippen molar-refractivity contribution in [2.75, 3.05) is 5.32 Å². The molecule has 2 bridgehead atoms. The Bertz CT molecular complexity index is 722. The number of halogens is 1. The highest BCUT2D eigenvalue weighted by molar-refractivity contribution is 6.31. The molecule has 122 valence electrons. The molecular formula is C17H19ClN2O3. The number of rotatable bonds is 1. The van der Waals surface area contributed by atoms with Gasteiger partial charge in [-0.3, -0.25) is 9.59 Å². The molecule has 23 heavy (non-hydrogen) atoms. The van der Waals surface area contributed by atoms with Crippen molar-refractivity contribution in [1.82, 2.24) is 5.32 Å². The van der Waals surface area contributed by atoms with Gasteiger partial charge in [-0.25, -0.2) is 0 Å². The molecule has 3 fully saturated rings. The maximum Gasteiger partial charge on any atom is 0.307 e. The Morgan fingerprint density at radius 2 is 2.17 bits per heavy atom. The molecule has 4 atom stereocenters. The number of hydrogen-bond acceptors (Lipinski definition) is 3. The molecular weight excluding hydrogens is 316 g/mol. The summed E-state index contributed by atoms with van der Waals surface area (Å²) in [5.41, 5.74) is 0.479. The molecule has 1 aromatic rings. The minimum atomic E-state index is -0.721. The highest BCUT2D eigenvalue weighted by Crippen LogP contribution is 2.58. The normalized spacial score (nSPS) is 37.9. The average molecular weight is 335 g/mol. The molecule has 0 radical (unpaired) electrons. The van der Waals surface area contributed by atoms with Gasteiger partial charge < -0.3 is 15.7 Å². The number of amides is 1. The lowest BCUT2D eigenvalue weighted by molar-refractivity contribution is -0.156. The lowest BCUT2D eigenvalue weighted by atomic mass is 9.51. The number of benzene rings is 1. The van der Waals surface area contributed by atoms with Crippen LogP contribution < -0.4 is 10.6 Å². The fourth-order valence-electron chi connectivity index (χ4n) is 4.85. The van der Waals surface area contributed by atoms with Crippen LogP contribution in [0.3, 0.4) is 0 Å². The van der Waals surface area contributed by atoms with Gasteiger partial charge in [0, 0.05) is 16.6 Å². The largest absolute Gasteiger partial charge is 0.481 e. The fraction of sp³-hybridized carbons (Fsp3) is 0.529. The lowest BCUT2D eigenvalue weighted by Crippen LogP contribution is -2.69. The number of nitrogens with one attached hydrogen (secondary N) is 2. The van der Waals surface area contributed by atoms with Crippen LogP contribution in [0.5, 0.6) is 0 Å². The monoisotopic (exact) mass is 334 g/mol. The van der Waals surface area contributed by atoms with Gasteiger partial charge >= 0.3 is 5.97 Å². The van der Waals surface area contributed by atoms with E-state index in [0.717, 1.165) is 18.5 Å². The van der Waals surface area contributed by atoms with Crippen LogP contribution in [-0.4, -0.2) is 22.6 Å². The summed E-state index contributed by atoms with van der Waals surface area (Å²) in [6.45, 7) is 2.04. The van der Waals surface area contributed by atoms with E-state index in [4.69, 9.17) is 11.6 Å². The van der Waals surface area contributed by atoms with Gasteiger partial charge in [-0.05, 0) is 49.3 Å². The quantitative estimate of drug-likeness (QED) is 0.737. The van der Waals surface area contributed by atoms with Crippen molar-refractivity contribution in [3.8, 4) is 0 Å². The van der Waals surface area contributed by atoms with Crippen LogP contribution in [0, 0.1) is 17.3 Å². The summed E-state index contributed by atoms with van der Waals surface area (Å²) in [4.78, 5) is 24.2. The van der Waals surface area contributed by atoms with Crippen molar-refractivity contribution in [1.29, 1.82) is 0 Å². The third kappa shape index (κ3) is 2.06. The first-order valence-corrected chi connectivity index (χ1v) is 8.34. The molecule has 1 amide bonds. The summed E-state index contributed by atoms with van der Waals surface area (Å²) in [6, 6.07) is 5.26. The molecule has 1 aromatic carbocycles. The average Bonchev–Trinajstić information content (AvgIpc) is 2.47. The van der Waals surface area contributed by atoms with Crippen LogP contribution in [0.1, 0.15) is 43.0 Å². The summed E-state index contributed by atoms with van der Waals surface area (Å²) in [5, 5.41) is 16.7.